The predicted octanol–water partition coefficient (Wildman–Crippen LogP) is 1.87. The van der Waals surface area contributed by atoms with Gasteiger partial charge in [0.1, 0.15) is 5.56 Å². The zero-order valence-corrected chi connectivity index (χ0v) is 9.29. The van der Waals surface area contributed by atoms with E-state index in [0.717, 1.165) is 13.0 Å². The number of hydrogen-bond acceptors (Lipinski definition) is 3. The van der Waals surface area contributed by atoms with Crippen molar-refractivity contribution in [3.63, 3.8) is 0 Å². The van der Waals surface area contributed by atoms with Crippen molar-refractivity contribution < 1.29 is 9.90 Å². The first kappa shape index (κ1) is 11.6. The fourth-order valence-electron chi connectivity index (χ4n) is 1.23. The number of rotatable bonds is 5. The molecule has 0 aliphatic carbocycles. The van der Waals surface area contributed by atoms with Gasteiger partial charge in [0.15, 0.2) is 5.82 Å². The molecular weight excluding hydrogens is 194 g/mol. The van der Waals surface area contributed by atoms with Crippen molar-refractivity contribution in [2.45, 2.75) is 27.2 Å². The van der Waals surface area contributed by atoms with Crippen LogP contribution in [0.25, 0.3) is 0 Å². The fourth-order valence-corrected chi connectivity index (χ4v) is 1.23. The molecule has 0 bridgehead atoms. The molecule has 0 saturated carbocycles. The molecule has 15 heavy (non-hydrogen) atoms. The van der Waals surface area contributed by atoms with Crippen LogP contribution in [0, 0.1) is 12.8 Å². The average Bonchev–Trinajstić information content (AvgIpc) is 2.56. The van der Waals surface area contributed by atoms with Crippen LogP contribution in [0.15, 0.2) is 0 Å². The first-order valence-electron chi connectivity index (χ1n) is 5.08. The van der Waals surface area contributed by atoms with Crippen LogP contribution in [-0.4, -0.2) is 27.8 Å². The van der Waals surface area contributed by atoms with Crippen LogP contribution < -0.4 is 5.32 Å². The number of aromatic amines is 1. The number of carboxylic acid groups (broad SMARTS) is 1. The topological polar surface area (TPSA) is 78.0 Å². The second-order valence-corrected chi connectivity index (χ2v) is 3.77. The summed E-state index contributed by atoms with van der Waals surface area (Å²) in [6.07, 6.45) is 1.05. The molecule has 0 spiro atoms. The maximum Gasteiger partial charge on any atom is 0.341 e. The van der Waals surface area contributed by atoms with Gasteiger partial charge in [-0.3, -0.25) is 5.10 Å². The normalized spacial score (nSPS) is 12.5. The Morgan fingerprint density at radius 3 is 2.87 bits per heavy atom. The lowest BCUT2D eigenvalue weighted by atomic mass is 10.1. The van der Waals surface area contributed by atoms with E-state index in [-0.39, 0.29) is 5.56 Å². The molecule has 5 nitrogen and oxygen atoms in total. The molecule has 0 radical (unpaired) electrons. The number of carboxylic acids is 1. The lowest BCUT2D eigenvalue weighted by molar-refractivity contribution is 0.0697. The average molecular weight is 211 g/mol. The molecule has 0 fully saturated rings. The quantitative estimate of drug-likeness (QED) is 0.694. The van der Waals surface area contributed by atoms with Gasteiger partial charge in [0, 0.05) is 12.2 Å². The Morgan fingerprint density at radius 2 is 2.33 bits per heavy atom. The second-order valence-electron chi connectivity index (χ2n) is 3.77. The number of anilines is 1. The zero-order chi connectivity index (χ0) is 11.4. The van der Waals surface area contributed by atoms with Crippen LogP contribution in [0.3, 0.4) is 0 Å². The number of aromatic carboxylic acids is 1. The summed E-state index contributed by atoms with van der Waals surface area (Å²) in [4.78, 5) is 10.9. The Hall–Kier alpha value is -1.52. The smallest absolute Gasteiger partial charge is 0.341 e. The first-order chi connectivity index (χ1) is 7.06. The number of nitrogens with one attached hydrogen (secondary N) is 2. The van der Waals surface area contributed by atoms with Crippen molar-refractivity contribution >= 4 is 11.8 Å². The molecule has 0 aliphatic heterocycles. The minimum Gasteiger partial charge on any atom is -0.477 e. The predicted molar refractivity (Wildman–Crippen MR) is 58.2 cm³/mol. The van der Waals surface area contributed by atoms with Gasteiger partial charge in [-0.2, -0.15) is 5.10 Å². The van der Waals surface area contributed by atoms with E-state index in [9.17, 15) is 4.79 Å². The van der Waals surface area contributed by atoms with Gasteiger partial charge >= 0.3 is 5.97 Å². The molecule has 84 valence electrons. The Morgan fingerprint density at radius 1 is 1.67 bits per heavy atom. The van der Waals surface area contributed by atoms with E-state index in [0.29, 0.717) is 17.4 Å². The molecule has 1 heterocycles. The van der Waals surface area contributed by atoms with E-state index in [1.54, 1.807) is 6.92 Å². The van der Waals surface area contributed by atoms with Crippen molar-refractivity contribution in [2.24, 2.45) is 5.92 Å². The molecule has 5 heteroatoms. The van der Waals surface area contributed by atoms with Crippen LogP contribution in [0.2, 0.25) is 0 Å². The van der Waals surface area contributed by atoms with Crippen LogP contribution in [0.4, 0.5) is 5.82 Å². The van der Waals surface area contributed by atoms with Crippen molar-refractivity contribution in [3.05, 3.63) is 11.3 Å². The number of aromatic nitrogens is 2. The number of carbonyl (C=O) groups is 1. The van der Waals surface area contributed by atoms with Gasteiger partial charge in [-0.15, -0.1) is 0 Å². The van der Waals surface area contributed by atoms with Crippen molar-refractivity contribution in [1.29, 1.82) is 0 Å². The largest absolute Gasteiger partial charge is 0.477 e. The third-order valence-corrected chi connectivity index (χ3v) is 2.48. The van der Waals surface area contributed by atoms with Gasteiger partial charge in [0.2, 0.25) is 0 Å². The fraction of sp³-hybridized carbons (Fsp3) is 0.600. The van der Waals surface area contributed by atoms with E-state index in [1.807, 2.05) is 0 Å². The summed E-state index contributed by atoms with van der Waals surface area (Å²) in [5.74, 6) is -0.0168. The standard InChI is InChI=1S/C10H17N3O2/c1-4-6(2)5-11-9-8(10(14)15)7(3)12-13-9/h6H,4-5H2,1-3H3,(H,14,15)(H2,11,12,13). The lowest BCUT2D eigenvalue weighted by Crippen LogP contribution is -2.13. The molecule has 3 N–H and O–H groups in total. The molecule has 1 atom stereocenters. The Labute approximate surface area is 88.9 Å². The first-order valence-corrected chi connectivity index (χ1v) is 5.08. The molecule has 0 saturated heterocycles. The summed E-state index contributed by atoms with van der Waals surface area (Å²) < 4.78 is 0. The highest BCUT2D eigenvalue weighted by Crippen LogP contribution is 2.16. The zero-order valence-electron chi connectivity index (χ0n) is 9.29. The summed E-state index contributed by atoms with van der Waals surface area (Å²) in [5, 5.41) is 18.6. The van der Waals surface area contributed by atoms with Crippen LogP contribution in [0.5, 0.6) is 0 Å². The minimum atomic E-state index is -0.951. The highest BCUT2D eigenvalue weighted by molar-refractivity contribution is 5.94. The van der Waals surface area contributed by atoms with Crippen molar-refractivity contribution in [2.75, 3.05) is 11.9 Å². The SMILES string of the molecule is CCC(C)CNc1n[nH]c(C)c1C(=O)O. The molecule has 0 aliphatic rings. The molecule has 0 amide bonds. The van der Waals surface area contributed by atoms with Gasteiger partial charge in [-0.25, -0.2) is 4.79 Å². The monoisotopic (exact) mass is 211 g/mol. The van der Waals surface area contributed by atoms with E-state index in [1.165, 1.54) is 0 Å². The summed E-state index contributed by atoms with van der Waals surface area (Å²) in [6.45, 7) is 6.64. The van der Waals surface area contributed by atoms with Crippen LogP contribution in [-0.2, 0) is 0 Å². The lowest BCUT2D eigenvalue weighted by Gasteiger charge is -2.09. The number of hydrogen-bond donors (Lipinski definition) is 3. The van der Waals surface area contributed by atoms with E-state index in [4.69, 9.17) is 5.11 Å². The second kappa shape index (κ2) is 4.82. The number of H-pyrrole nitrogens is 1. The Kier molecular flexibility index (Phi) is 3.71. The van der Waals surface area contributed by atoms with Gasteiger partial charge in [-0.05, 0) is 12.8 Å². The van der Waals surface area contributed by atoms with Crippen LogP contribution >= 0.6 is 0 Å². The van der Waals surface area contributed by atoms with Gasteiger partial charge in [0.25, 0.3) is 0 Å². The highest BCUT2D eigenvalue weighted by atomic mass is 16.4. The summed E-state index contributed by atoms with van der Waals surface area (Å²) in [6, 6.07) is 0. The number of nitrogens with zero attached hydrogens (tertiary/aromatic N) is 1. The van der Waals surface area contributed by atoms with Gasteiger partial charge < -0.3 is 10.4 Å². The maximum absolute atomic E-state index is 10.9. The van der Waals surface area contributed by atoms with E-state index in [2.05, 4.69) is 29.4 Å². The van der Waals surface area contributed by atoms with Crippen LogP contribution in [0.1, 0.15) is 36.3 Å². The summed E-state index contributed by atoms with van der Waals surface area (Å²) in [5.41, 5.74) is 0.812. The molecule has 1 aromatic heterocycles. The minimum absolute atomic E-state index is 0.235. The summed E-state index contributed by atoms with van der Waals surface area (Å²) >= 11 is 0. The van der Waals surface area contributed by atoms with Crippen molar-refractivity contribution in [1.82, 2.24) is 10.2 Å². The maximum atomic E-state index is 10.9. The van der Waals surface area contributed by atoms with E-state index < -0.39 is 5.97 Å². The molecule has 1 aromatic rings. The van der Waals surface area contributed by atoms with Crippen molar-refractivity contribution in [3.8, 4) is 0 Å². The summed E-state index contributed by atoms with van der Waals surface area (Å²) in [7, 11) is 0. The Balaban J connectivity index is 2.73. The van der Waals surface area contributed by atoms with Gasteiger partial charge in [-0.1, -0.05) is 20.3 Å². The molecule has 1 unspecified atom stereocenters. The molecule has 0 aromatic carbocycles. The van der Waals surface area contributed by atoms with E-state index >= 15 is 0 Å². The van der Waals surface area contributed by atoms with Gasteiger partial charge in [0.05, 0.1) is 0 Å². The highest BCUT2D eigenvalue weighted by Gasteiger charge is 2.16. The third kappa shape index (κ3) is 2.71. The molecule has 1 rings (SSSR count). The number of aryl methyl sites for hydroxylation is 1. The molecular formula is C10H17N3O2. The Bertz CT molecular complexity index is 346. The third-order valence-electron chi connectivity index (χ3n) is 2.48.